The minimum absolute atomic E-state index is 0.0353. The number of H-pyrrole nitrogens is 2. The lowest BCUT2D eigenvalue weighted by Gasteiger charge is -2.23. The Morgan fingerprint density at radius 2 is 2.06 bits per heavy atom. The Morgan fingerprint density at radius 3 is 2.87 bits per heavy atom. The first-order chi connectivity index (χ1) is 15.2. The highest BCUT2D eigenvalue weighted by molar-refractivity contribution is 5.88. The van der Waals surface area contributed by atoms with Crippen molar-refractivity contribution in [2.45, 2.75) is 18.9 Å². The predicted octanol–water partition coefficient (Wildman–Crippen LogP) is 2.34. The van der Waals surface area contributed by atoms with Crippen molar-refractivity contribution in [2.75, 3.05) is 13.2 Å². The molecule has 4 aromatic heterocycles. The molecule has 0 atom stereocenters. The SMILES string of the molecule is O=c1[nH]c2c(-c3cn[nH]c3)nc(-n3cnc4ccc(F)cc43)nc2n1C1CCOCC1. The topological polar surface area (TPSA) is 119 Å². The van der Waals surface area contributed by atoms with Gasteiger partial charge >= 0.3 is 5.69 Å². The van der Waals surface area contributed by atoms with Crippen molar-refractivity contribution < 1.29 is 9.13 Å². The molecule has 156 valence electrons. The molecule has 2 N–H and O–H groups in total. The van der Waals surface area contributed by atoms with Gasteiger partial charge in [-0.1, -0.05) is 0 Å². The monoisotopic (exact) mass is 420 g/mol. The number of imidazole rings is 2. The van der Waals surface area contributed by atoms with Crippen LogP contribution in [0.5, 0.6) is 0 Å². The number of aromatic amines is 2. The predicted molar refractivity (Wildman–Crippen MR) is 109 cm³/mol. The maximum Gasteiger partial charge on any atom is 0.327 e. The Hall–Kier alpha value is -3.86. The number of halogens is 1. The van der Waals surface area contributed by atoms with Crippen molar-refractivity contribution in [3.63, 3.8) is 0 Å². The van der Waals surface area contributed by atoms with Gasteiger partial charge in [-0.05, 0) is 25.0 Å². The van der Waals surface area contributed by atoms with Gasteiger partial charge in [0.05, 0.1) is 17.2 Å². The van der Waals surface area contributed by atoms with E-state index in [0.29, 0.717) is 59.5 Å². The molecule has 0 radical (unpaired) electrons. The summed E-state index contributed by atoms with van der Waals surface area (Å²) in [6.07, 6.45) is 6.30. The molecule has 0 amide bonds. The number of ether oxygens (including phenoxy) is 1. The number of hydrogen-bond acceptors (Lipinski definition) is 6. The van der Waals surface area contributed by atoms with E-state index in [4.69, 9.17) is 9.72 Å². The van der Waals surface area contributed by atoms with Gasteiger partial charge in [0.15, 0.2) is 5.65 Å². The number of nitrogens with zero attached hydrogens (tertiary/aromatic N) is 6. The van der Waals surface area contributed by atoms with Gasteiger partial charge in [-0.25, -0.2) is 19.2 Å². The number of rotatable bonds is 3. The summed E-state index contributed by atoms with van der Waals surface area (Å²) in [7, 11) is 0. The van der Waals surface area contributed by atoms with Crippen molar-refractivity contribution in [3.8, 4) is 17.2 Å². The van der Waals surface area contributed by atoms with Crippen LogP contribution in [0.1, 0.15) is 18.9 Å². The van der Waals surface area contributed by atoms with Gasteiger partial charge in [-0.15, -0.1) is 0 Å². The molecule has 0 spiro atoms. The van der Waals surface area contributed by atoms with Gasteiger partial charge in [-0.3, -0.25) is 14.2 Å². The Balaban J connectivity index is 1.65. The fourth-order valence-corrected chi connectivity index (χ4v) is 4.11. The molecule has 0 bridgehead atoms. The van der Waals surface area contributed by atoms with E-state index in [-0.39, 0.29) is 23.5 Å². The molecule has 0 unspecified atom stereocenters. The number of nitrogens with one attached hydrogen (secondary N) is 2. The number of benzene rings is 1. The largest absolute Gasteiger partial charge is 0.381 e. The molecule has 1 aliphatic heterocycles. The average Bonchev–Trinajstić information content (AvgIpc) is 3.51. The molecule has 10 nitrogen and oxygen atoms in total. The minimum Gasteiger partial charge on any atom is -0.381 e. The van der Waals surface area contributed by atoms with E-state index < -0.39 is 0 Å². The van der Waals surface area contributed by atoms with Crippen LogP contribution in [0.15, 0.2) is 41.7 Å². The van der Waals surface area contributed by atoms with Crippen LogP contribution in [0.4, 0.5) is 4.39 Å². The average molecular weight is 420 g/mol. The van der Waals surface area contributed by atoms with Crippen molar-refractivity contribution in [2.24, 2.45) is 0 Å². The molecule has 6 rings (SSSR count). The van der Waals surface area contributed by atoms with Crippen molar-refractivity contribution in [1.82, 2.24) is 39.3 Å². The van der Waals surface area contributed by atoms with Gasteiger partial charge in [0.25, 0.3) is 0 Å². The maximum absolute atomic E-state index is 13.9. The lowest BCUT2D eigenvalue weighted by atomic mass is 10.1. The third-order valence-corrected chi connectivity index (χ3v) is 5.61. The fraction of sp³-hybridized carbons (Fsp3) is 0.250. The quantitative estimate of drug-likeness (QED) is 0.462. The van der Waals surface area contributed by atoms with Crippen LogP contribution in [0.3, 0.4) is 0 Å². The number of aromatic nitrogens is 8. The summed E-state index contributed by atoms with van der Waals surface area (Å²) in [5, 5.41) is 6.78. The van der Waals surface area contributed by atoms with Gasteiger partial charge in [0, 0.05) is 37.1 Å². The van der Waals surface area contributed by atoms with Gasteiger partial charge < -0.3 is 9.72 Å². The molecule has 1 saturated heterocycles. The molecule has 5 heterocycles. The zero-order chi connectivity index (χ0) is 20.9. The van der Waals surface area contributed by atoms with Crippen molar-refractivity contribution in [3.05, 3.63) is 53.2 Å². The molecule has 0 aliphatic carbocycles. The molecule has 11 heteroatoms. The number of hydrogen-bond donors (Lipinski definition) is 2. The summed E-state index contributed by atoms with van der Waals surface area (Å²) < 4.78 is 22.7. The van der Waals surface area contributed by atoms with Gasteiger partial charge in [0.1, 0.15) is 23.4 Å². The summed E-state index contributed by atoms with van der Waals surface area (Å²) in [5.41, 5.74) is 3.13. The highest BCUT2D eigenvalue weighted by Gasteiger charge is 2.24. The molecular formula is C20H17FN8O2. The Morgan fingerprint density at radius 1 is 1.19 bits per heavy atom. The number of fused-ring (bicyclic) bond motifs is 2. The molecule has 31 heavy (non-hydrogen) atoms. The van der Waals surface area contributed by atoms with E-state index in [1.165, 1.54) is 12.1 Å². The van der Waals surface area contributed by atoms with E-state index in [0.717, 1.165) is 0 Å². The zero-order valence-corrected chi connectivity index (χ0v) is 16.2. The standard InChI is InChI=1S/C20H17FN8O2/c21-12-1-2-14-15(7-12)28(10-22-14)19-25-16(11-8-23-24-9-11)17-18(27-19)29(20(30)26-17)13-3-5-31-6-4-13/h1-2,7-10,13H,3-6H2,(H,23,24)(H,26,30). The van der Waals surface area contributed by atoms with Gasteiger partial charge in [0.2, 0.25) is 5.95 Å². The highest BCUT2D eigenvalue weighted by Crippen LogP contribution is 2.29. The van der Waals surface area contributed by atoms with E-state index in [9.17, 15) is 9.18 Å². The van der Waals surface area contributed by atoms with Crippen molar-refractivity contribution in [1.29, 1.82) is 0 Å². The smallest absolute Gasteiger partial charge is 0.327 e. The van der Waals surface area contributed by atoms with Crippen LogP contribution >= 0.6 is 0 Å². The summed E-state index contributed by atoms with van der Waals surface area (Å²) >= 11 is 0. The molecule has 1 fully saturated rings. The first-order valence-corrected chi connectivity index (χ1v) is 9.91. The van der Waals surface area contributed by atoms with Gasteiger partial charge in [-0.2, -0.15) is 10.1 Å². The maximum atomic E-state index is 13.9. The first kappa shape index (κ1) is 18.0. The summed E-state index contributed by atoms with van der Waals surface area (Å²) in [5.74, 6) is -0.0947. The normalized spacial score (nSPS) is 15.3. The summed E-state index contributed by atoms with van der Waals surface area (Å²) in [6, 6.07) is 4.31. The molecule has 1 aliphatic rings. The third kappa shape index (κ3) is 2.85. The molecular weight excluding hydrogens is 403 g/mol. The van der Waals surface area contributed by atoms with Crippen LogP contribution in [-0.2, 0) is 4.74 Å². The zero-order valence-electron chi connectivity index (χ0n) is 16.2. The second-order valence-electron chi connectivity index (χ2n) is 7.45. The third-order valence-electron chi connectivity index (χ3n) is 5.61. The fourth-order valence-electron chi connectivity index (χ4n) is 4.11. The van der Waals surface area contributed by atoms with Crippen LogP contribution in [0.25, 0.3) is 39.4 Å². The first-order valence-electron chi connectivity index (χ1n) is 9.91. The Kier molecular flexibility index (Phi) is 3.96. The van der Waals surface area contributed by atoms with E-state index >= 15 is 0 Å². The van der Waals surface area contributed by atoms with Crippen LogP contribution in [-0.4, -0.2) is 52.5 Å². The van der Waals surface area contributed by atoms with Crippen LogP contribution < -0.4 is 5.69 Å². The van der Waals surface area contributed by atoms with Crippen LogP contribution in [0, 0.1) is 5.82 Å². The van der Waals surface area contributed by atoms with E-state index in [1.54, 1.807) is 33.9 Å². The molecule has 0 saturated carbocycles. The lowest BCUT2D eigenvalue weighted by molar-refractivity contribution is 0.0697. The Labute approximate surface area is 173 Å². The highest BCUT2D eigenvalue weighted by atomic mass is 19.1. The minimum atomic E-state index is -0.383. The Bertz CT molecular complexity index is 1460. The van der Waals surface area contributed by atoms with E-state index in [1.807, 2.05) is 0 Å². The second-order valence-corrected chi connectivity index (χ2v) is 7.45. The molecule has 1 aromatic carbocycles. The van der Waals surface area contributed by atoms with E-state index in [2.05, 4.69) is 25.1 Å². The van der Waals surface area contributed by atoms with Crippen LogP contribution in [0.2, 0.25) is 0 Å². The lowest BCUT2D eigenvalue weighted by Crippen LogP contribution is -2.27. The summed E-state index contributed by atoms with van der Waals surface area (Å²) in [4.78, 5) is 29.6. The molecule has 5 aromatic rings. The van der Waals surface area contributed by atoms with Crippen molar-refractivity contribution >= 4 is 22.2 Å². The second kappa shape index (κ2) is 6.84. The summed E-state index contributed by atoms with van der Waals surface area (Å²) in [6.45, 7) is 1.17.